The number of nitrogens with zero attached hydrogens (tertiary/aromatic N) is 2. The number of methoxy groups -OCH3 is 1. The lowest BCUT2D eigenvalue weighted by molar-refractivity contribution is -0.168. The number of hydrogen-bond donors (Lipinski definition) is 1. The third-order valence-electron chi connectivity index (χ3n) is 7.79. The molecule has 2 aromatic carbocycles. The van der Waals surface area contributed by atoms with Crippen molar-refractivity contribution in [3.05, 3.63) is 59.3 Å². The fourth-order valence-electron chi connectivity index (χ4n) is 5.75. The number of aromatic amines is 1. The van der Waals surface area contributed by atoms with E-state index in [-0.39, 0.29) is 30.3 Å². The fourth-order valence-corrected chi connectivity index (χ4v) is 5.75. The quantitative estimate of drug-likeness (QED) is 0.573. The highest BCUT2D eigenvalue weighted by atomic mass is 16.5. The van der Waals surface area contributed by atoms with Crippen molar-refractivity contribution in [2.45, 2.75) is 51.6 Å². The Labute approximate surface area is 206 Å². The van der Waals surface area contributed by atoms with E-state index in [4.69, 9.17) is 9.47 Å². The van der Waals surface area contributed by atoms with Crippen LogP contribution in [-0.4, -0.2) is 59.4 Å². The predicted octanol–water partition coefficient (Wildman–Crippen LogP) is 4.41. The maximum atomic E-state index is 14.0. The van der Waals surface area contributed by atoms with Crippen molar-refractivity contribution in [2.75, 3.05) is 26.8 Å². The van der Waals surface area contributed by atoms with E-state index in [1.807, 2.05) is 64.1 Å². The molecule has 2 aliphatic rings. The molecule has 35 heavy (non-hydrogen) atoms. The second-order valence-electron chi connectivity index (χ2n) is 9.59. The minimum atomic E-state index is -1.10. The topological polar surface area (TPSA) is 74.9 Å². The van der Waals surface area contributed by atoms with Gasteiger partial charge in [0.1, 0.15) is 6.54 Å². The molecule has 1 aromatic heterocycles. The molecule has 3 heterocycles. The number of nitrogens with one attached hydrogen (secondary N) is 1. The van der Waals surface area contributed by atoms with Gasteiger partial charge < -0.3 is 24.3 Å². The smallest absolute Gasteiger partial charge is 0.255 e. The number of hydrogen-bond acceptors (Lipinski definition) is 4. The van der Waals surface area contributed by atoms with Crippen LogP contribution in [0.5, 0.6) is 11.5 Å². The van der Waals surface area contributed by atoms with Crippen LogP contribution in [0.15, 0.2) is 42.5 Å². The molecule has 0 aliphatic carbocycles. The van der Waals surface area contributed by atoms with E-state index in [2.05, 4.69) is 11.1 Å². The maximum Gasteiger partial charge on any atom is 0.255 e. The van der Waals surface area contributed by atoms with Crippen molar-refractivity contribution in [1.82, 2.24) is 14.8 Å². The lowest BCUT2D eigenvalue weighted by atomic mass is 9.76. The number of fused-ring (bicyclic) bond motifs is 5. The lowest BCUT2D eigenvalue weighted by Crippen LogP contribution is -2.68. The van der Waals surface area contributed by atoms with Gasteiger partial charge in [0.2, 0.25) is 5.91 Å². The summed E-state index contributed by atoms with van der Waals surface area (Å²) in [5, 5.41) is 1.06. The van der Waals surface area contributed by atoms with Crippen molar-refractivity contribution in [2.24, 2.45) is 0 Å². The summed E-state index contributed by atoms with van der Waals surface area (Å²) >= 11 is 0. The standard InChI is InChI=1S/C28H33N3O4/c1-6-17(3)30-16-23(32)31-15-20(18-12-10-14-22(34-5)25(18)35-7-2)24-19-11-8-9-13-21(19)29-26(24)28(31,4)27(30)33/h8-14,17,20,29H,6-7,15-16H2,1-5H3/t17-,20-,28+/m1/s1. The summed E-state index contributed by atoms with van der Waals surface area (Å²) in [7, 11) is 1.63. The molecule has 1 N–H and O–H groups in total. The van der Waals surface area contributed by atoms with E-state index in [1.54, 1.807) is 16.9 Å². The molecule has 3 atom stereocenters. The van der Waals surface area contributed by atoms with E-state index in [0.717, 1.165) is 34.1 Å². The van der Waals surface area contributed by atoms with Crippen LogP contribution in [0, 0.1) is 0 Å². The number of rotatable bonds is 6. The molecule has 2 amide bonds. The predicted molar refractivity (Wildman–Crippen MR) is 135 cm³/mol. The molecule has 5 rings (SSSR count). The Bertz CT molecular complexity index is 1300. The summed E-state index contributed by atoms with van der Waals surface area (Å²) in [5.74, 6) is 1.08. The Morgan fingerprint density at radius 3 is 2.63 bits per heavy atom. The van der Waals surface area contributed by atoms with Crippen molar-refractivity contribution in [1.29, 1.82) is 0 Å². The molecule has 1 saturated heterocycles. The molecule has 0 radical (unpaired) electrons. The molecule has 0 saturated carbocycles. The van der Waals surface area contributed by atoms with Crippen LogP contribution in [0.2, 0.25) is 0 Å². The minimum absolute atomic E-state index is 0.0149. The molecule has 7 nitrogen and oxygen atoms in total. The van der Waals surface area contributed by atoms with Crippen LogP contribution >= 0.6 is 0 Å². The zero-order valence-corrected chi connectivity index (χ0v) is 21.1. The van der Waals surface area contributed by atoms with Gasteiger partial charge in [0, 0.05) is 35.0 Å². The number of carbonyl (C=O) groups is 2. The van der Waals surface area contributed by atoms with E-state index in [0.29, 0.717) is 24.7 Å². The highest BCUT2D eigenvalue weighted by Crippen LogP contribution is 2.50. The highest BCUT2D eigenvalue weighted by molar-refractivity contribution is 6.01. The average molecular weight is 476 g/mol. The molecule has 0 spiro atoms. The summed E-state index contributed by atoms with van der Waals surface area (Å²) in [6, 6.07) is 14.0. The van der Waals surface area contributed by atoms with E-state index in [9.17, 15) is 9.59 Å². The third-order valence-corrected chi connectivity index (χ3v) is 7.79. The van der Waals surface area contributed by atoms with Crippen molar-refractivity contribution in [3.8, 4) is 11.5 Å². The zero-order valence-electron chi connectivity index (χ0n) is 21.1. The second kappa shape index (κ2) is 8.63. The van der Waals surface area contributed by atoms with Gasteiger partial charge in [0.05, 0.1) is 19.4 Å². The van der Waals surface area contributed by atoms with Gasteiger partial charge in [-0.25, -0.2) is 0 Å². The first kappa shape index (κ1) is 23.3. The van der Waals surface area contributed by atoms with Crippen LogP contribution < -0.4 is 9.47 Å². The number of aromatic nitrogens is 1. The Morgan fingerprint density at radius 2 is 1.91 bits per heavy atom. The molecule has 7 heteroatoms. The lowest BCUT2D eigenvalue weighted by Gasteiger charge is -2.52. The number of benzene rings is 2. The fraction of sp³-hybridized carbons (Fsp3) is 0.429. The van der Waals surface area contributed by atoms with Gasteiger partial charge in [0.25, 0.3) is 5.91 Å². The first-order chi connectivity index (χ1) is 16.9. The largest absolute Gasteiger partial charge is 0.493 e. The van der Waals surface area contributed by atoms with Gasteiger partial charge in [0.15, 0.2) is 17.0 Å². The van der Waals surface area contributed by atoms with Gasteiger partial charge in [-0.1, -0.05) is 37.3 Å². The Balaban J connectivity index is 1.78. The van der Waals surface area contributed by atoms with Gasteiger partial charge in [-0.15, -0.1) is 0 Å². The van der Waals surface area contributed by atoms with Gasteiger partial charge in [-0.2, -0.15) is 0 Å². The van der Waals surface area contributed by atoms with Crippen LogP contribution in [-0.2, 0) is 15.1 Å². The molecule has 184 valence electrons. The van der Waals surface area contributed by atoms with E-state index in [1.165, 1.54) is 0 Å². The summed E-state index contributed by atoms with van der Waals surface area (Å²) in [4.78, 5) is 34.7. The number of ether oxygens (including phenoxy) is 2. The summed E-state index contributed by atoms with van der Waals surface area (Å²) in [6.07, 6.45) is 0.790. The van der Waals surface area contributed by atoms with Crippen LogP contribution in [0.3, 0.4) is 0 Å². The van der Waals surface area contributed by atoms with Crippen molar-refractivity contribution >= 4 is 22.7 Å². The molecule has 2 aliphatic heterocycles. The molecule has 0 bridgehead atoms. The monoisotopic (exact) mass is 475 g/mol. The first-order valence-electron chi connectivity index (χ1n) is 12.4. The van der Waals surface area contributed by atoms with Crippen LogP contribution in [0.1, 0.15) is 56.9 Å². The maximum absolute atomic E-state index is 14.0. The van der Waals surface area contributed by atoms with Crippen molar-refractivity contribution in [3.63, 3.8) is 0 Å². The number of carbonyl (C=O) groups excluding carboxylic acids is 2. The van der Waals surface area contributed by atoms with Gasteiger partial charge >= 0.3 is 0 Å². The average Bonchev–Trinajstić information content (AvgIpc) is 3.27. The number of piperazine rings is 1. The Kier molecular flexibility index (Phi) is 5.74. The van der Waals surface area contributed by atoms with Crippen LogP contribution in [0.4, 0.5) is 0 Å². The van der Waals surface area contributed by atoms with E-state index < -0.39 is 5.54 Å². The number of para-hydroxylation sites is 2. The molecular formula is C28H33N3O4. The number of H-pyrrole nitrogens is 1. The molecule has 3 aromatic rings. The molecular weight excluding hydrogens is 442 g/mol. The van der Waals surface area contributed by atoms with Gasteiger partial charge in [-0.3, -0.25) is 9.59 Å². The normalized spacial score (nSPS) is 22.7. The SMILES string of the molecule is CCOc1c(OC)cccc1[C@H]1CN2C(=O)CN([C@H](C)CC)C(=O)[C@]2(C)c2[nH]c3ccccc3c21. The van der Waals surface area contributed by atoms with E-state index >= 15 is 0 Å². The second-order valence-corrected chi connectivity index (χ2v) is 9.59. The summed E-state index contributed by atoms with van der Waals surface area (Å²) in [6.45, 7) is 8.86. The first-order valence-corrected chi connectivity index (χ1v) is 12.4. The highest BCUT2D eigenvalue weighted by Gasteiger charge is 2.57. The van der Waals surface area contributed by atoms with Crippen molar-refractivity contribution < 1.29 is 19.1 Å². The molecule has 0 unspecified atom stereocenters. The zero-order chi connectivity index (χ0) is 24.9. The molecule has 1 fully saturated rings. The Morgan fingerprint density at radius 1 is 1.14 bits per heavy atom. The van der Waals surface area contributed by atoms with Gasteiger partial charge in [-0.05, 0) is 44.9 Å². The summed E-state index contributed by atoms with van der Waals surface area (Å²) < 4.78 is 11.7. The summed E-state index contributed by atoms with van der Waals surface area (Å²) in [5.41, 5.74) is 2.62. The number of amides is 2. The minimum Gasteiger partial charge on any atom is -0.493 e. The van der Waals surface area contributed by atoms with Crippen LogP contribution in [0.25, 0.3) is 10.9 Å². The Hall–Kier alpha value is -3.48. The third kappa shape index (κ3) is 3.32.